The van der Waals surface area contributed by atoms with Crippen LogP contribution in [-0.4, -0.2) is 40.1 Å². The van der Waals surface area contributed by atoms with Crippen molar-refractivity contribution in [1.29, 1.82) is 0 Å². The third kappa shape index (κ3) is 4.38. The third-order valence-corrected chi connectivity index (χ3v) is 4.40. The molecule has 1 saturated heterocycles. The number of likely N-dealkylation sites (tertiary alicyclic amines) is 1. The second-order valence-corrected chi connectivity index (χ2v) is 6.28. The number of hydrogen-bond acceptors (Lipinski definition) is 5. The zero-order valence-electron chi connectivity index (χ0n) is 12.4. The Balaban J connectivity index is 1.51. The summed E-state index contributed by atoms with van der Waals surface area (Å²) in [6, 6.07) is 3.97. The van der Waals surface area contributed by atoms with E-state index in [0.717, 1.165) is 30.1 Å². The van der Waals surface area contributed by atoms with Gasteiger partial charge in [0.2, 0.25) is 0 Å². The Morgan fingerprint density at radius 1 is 1.48 bits per heavy atom. The van der Waals surface area contributed by atoms with Gasteiger partial charge in [-0.25, -0.2) is 19.2 Å². The van der Waals surface area contributed by atoms with Crippen molar-refractivity contribution in [2.75, 3.05) is 13.1 Å². The van der Waals surface area contributed by atoms with Crippen LogP contribution in [0.4, 0.5) is 9.18 Å². The Labute approximate surface area is 137 Å². The molecule has 0 aromatic carbocycles. The van der Waals surface area contributed by atoms with Crippen molar-refractivity contribution >= 4 is 17.4 Å². The molecular formula is C15H17FN4O2S. The molecule has 3 heterocycles. The van der Waals surface area contributed by atoms with E-state index in [1.54, 1.807) is 16.2 Å². The van der Waals surface area contributed by atoms with E-state index < -0.39 is 5.82 Å². The Hall–Kier alpha value is -2.22. The van der Waals surface area contributed by atoms with E-state index >= 15 is 0 Å². The van der Waals surface area contributed by atoms with E-state index in [4.69, 9.17) is 4.74 Å². The lowest BCUT2D eigenvalue weighted by Crippen LogP contribution is -2.48. The van der Waals surface area contributed by atoms with Gasteiger partial charge in [-0.3, -0.25) is 0 Å². The van der Waals surface area contributed by atoms with Gasteiger partial charge in [-0.2, -0.15) is 0 Å². The van der Waals surface area contributed by atoms with Gasteiger partial charge in [0.05, 0.1) is 25.5 Å². The number of carbonyl (C=O) groups is 1. The van der Waals surface area contributed by atoms with Crippen LogP contribution in [0.3, 0.4) is 0 Å². The molecule has 1 atom stereocenters. The van der Waals surface area contributed by atoms with Gasteiger partial charge in [-0.1, -0.05) is 6.07 Å². The zero-order valence-corrected chi connectivity index (χ0v) is 13.3. The number of aromatic nitrogens is 2. The molecule has 1 aliphatic heterocycles. The van der Waals surface area contributed by atoms with Gasteiger partial charge < -0.3 is 15.0 Å². The number of nitrogens with zero attached hydrogens (tertiary/aromatic N) is 3. The molecule has 0 unspecified atom stereocenters. The van der Waals surface area contributed by atoms with Crippen LogP contribution in [0.25, 0.3) is 0 Å². The van der Waals surface area contributed by atoms with Crippen molar-refractivity contribution in [3.8, 4) is 6.01 Å². The highest BCUT2D eigenvalue weighted by atomic mass is 32.1. The molecule has 8 heteroatoms. The van der Waals surface area contributed by atoms with E-state index in [-0.39, 0.29) is 18.1 Å². The number of rotatable bonds is 4. The van der Waals surface area contributed by atoms with E-state index in [2.05, 4.69) is 15.3 Å². The largest absolute Gasteiger partial charge is 0.458 e. The standard InChI is InChI=1S/C15H17FN4O2S/c16-11-7-17-14(18-8-11)22-12-3-1-5-20(10-12)15(21)19-9-13-4-2-6-23-13/h2,4,6-8,12H,1,3,5,9-10H2,(H,19,21)/t12-/m0/s1. The number of ether oxygens (including phenoxy) is 1. The van der Waals surface area contributed by atoms with E-state index in [1.807, 2.05) is 17.5 Å². The van der Waals surface area contributed by atoms with Crippen molar-refractivity contribution in [3.05, 3.63) is 40.6 Å². The molecule has 0 bridgehead atoms. The summed E-state index contributed by atoms with van der Waals surface area (Å²) < 4.78 is 18.4. The maximum Gasteiger partial charge on any atom is 0.317 e. The summed E-state index contributed by atoms with van der Waals surface area (Å²) in [6.45, 7) is 1.69. The summed E-state index contributed by atoms with van der Waals surface area (Å²) >= 11 is 1.61. The fourth-order valence-electron chi connectivity index (χ4n) is 2.42. The van der Waals surface area contributed by atoms with Crippen LogP contribution in [0.1, 0.15) is 17.7 Å². The summed E-state index contributed by atoms with van der Waals surface area (Å²) in [5, 5.41) is 4.89. The van der Waals surface area contributed by atoms with Crippen molar-refractivity contribution < 1.29 is 13.9 Å². The molecule has 122 valence electrons. The SMILES string of the molecule is O=C(NCc1cccs1)N1CCC[C@H](Oc2ncc(F)cn2)C1. The van der Waals surface area contributed by atoms with E-state index in [0.29, 0.717) is 19.6 Å². The quantitative estimate of drug-likeness (QED) is 0.931. The maximum absolute atomic E-state index is 12.8. The molecule has 0 saturated carbocycles. The third-order valence-electron chi connectivity index (χ3n) is 3.53. The van der Waals surface area contributed by atoms with Crippen molar-refractivity contribution in [1.82, 2.24) is 20.2 Å². The number of nitrogens with one attached hydrogen (secondary N) is 1. The van der Waals surface area contributed by atoms with Gasteiger partial charge in [-0.05, 0) is 24.3 Å². The maximum atomic E-state index is 12.8. The van der Waals surface area contributed by atoms with Gasteiger partial charge in [0.1, 0.15) is 6.10 Å². The predicted octanol–water partition coefficient (Wildman–Crippen LogP) is 2.43. The normalized spacial score (nSPS) is 17.8. The van der Waals surface area contributed by atoms with Gasteiger partial charge in [0.15, 0.2) is 5.82 Å². The molecular weight excluding hydrogens is 319 g/mol. The smallest absolute Gasteiger partial charge is 0.317 e. The highest BCUT2D eigenvalue weighted by molar-refractivity contribution is 7.09. The number of carbonyl (C=O) groups excluding carboxylic acids is 1. The second-order valence-electron chi connectivity index (χ2n) is 5.25. The fraction of sp³-hybridized carbons (Fsp3) is 0.400. The van der Waals surface area contributed by atoms with Crippen molar-refractivity contribution in [2.45, 2.75) is 25.5 Å². The molecule has 0 aliphatic carbocycles. The Morgan fingerprint density at radius 2 is 2.30 bits per heavy atom. The van der Waals surface area contributed by atoms with E-state index in [9.17, 15) is 9.18 Å². The molecule has 1 aliphatic rings. The number of amides is 2. The van der Waals surface area contributed by atoms with Gasteiger partial charge in [-0.15, -0.1) is 11.3 Å². The molecule has 3 rings (SSSR count). The molecule has 2 aromatic rings. The van der Waals surface area contributed by atoms with Crippen LogP contribution in [0.15, 0.2) is 29.9 Å². The second kappa shape index (κ2) is 7.36. The molecule has 0 spiro atoms. The minimum atomic E-state index is -0.504. The summed E-state index contributed by atoms with van der Waals surface area (Å²) in [4.78, 5) is 22.6. The van der Waals surface area contributed by atoms with Gasteiger partial charge >= 0.3 is 12.0 Å². The summed E-state index contributed by atoms with van der Waals surface area (Å²) in [6.07, 6.45) is 3.61. The molecule has 1 N–H and O–H groups in total. The van der Waals surface area contributed by atoms with Crippen molar-refractivity contribution in [3.63, 3.8) is 0 Å². The monoisotopic (exact) mass is 336 g/mol. The molecule has 23 heavy (non-hydrogen) atoms. The molecule has 0 radical (unpaired) electrons. The minimum Gasteiger partial charge on any atom is -0.458 e. The number of piperidine rings is 1. The van der Waals surface area contributed by atoms with Crippen LogP contribution >= 0.6 is 11.3 Å². The first-order valence-electron chi connectivity index (χ1n) is 7.40. The Kier molecular flexibility index (Phi) is 5.02. The van der Waals surface area contributed by atoms with Crippen LogP contribution in [-0.2, 0) is 6.54 Å². The minimum absolute atomic E-state index is 0.105. The topological polar surface area (TPSA) is 67.4 Å². The predicted molar refractivity (Wildman–Crippen MR) is 83.8 cm³/mol. The van der Waals surface area contributed by atoms with Crippen LogP contribution in [0.2, 0.25) is 0 Å². The van der Waals surface area contributed by atoms with Crippen LogP contribution < -0.4 is 10.1 Å². The van der Waals surface area contributed by atoms with Crippen LogP contribution in [0.5, 0.6) is 6.01 Å². The number of thiophene rings is 1. The summed E-state index contributed by atoms with van der Waals surface area (Å²) in [5.41, 5.74) is 0. The van der Waals surface area contributed by atoms with Gasteiger partial charge in [0.25, 0.3) is 0 Å². The van der Waals surface area contributed by atoms with E-state index in [1.165, 1.54) is 0 Å². The molecule has 1 fully saturated rings. The lowest BCUT2D eigenvalue weighted by atomic mass is 10.1. The fourth-order valence-corrected chi connectivity index (χ4v) is 3.06. The number of hydrogen-bond donors (Lipinski definition) is 1. The zero-order chi connectivity index (χ0) is 16.1. The lowest BCUT2D eigenvalue weighted by molar-refractivity contribution is 0.0936. The molecule has 2 aromatic heterocycles. The van der Waals surface area contributed by atoms with Crippen LogP contribution in [0, 0.1) is 5.82 Å². The number of halogens is 1. The molecule has 2 amide bonds. The first-order chi connectivity index (χ1) is 11.2. The summed E-state index contributed by atoms with van der Waals surface area (Å²) in [7, 11) is 0. The highest BCUT2D eigenvalue weighted by Crippen LogP contribution is 2.16. The average molecular weight is 336 g/mol. The first-order valence-corrected chi connectivity index (χ1v) is 8.28. The van der Waals surface area contributed by atoms with Gasteiger partial charge in [0, 0.05) is 11.4 Å². The Bertz CT molecular complexity index is 635. The molecule has 6 nitrogen and oxygen atoms in total. The van der Waals surface area contributed by atoms with Crippen molar-refractivity contribution in [2.24, 2.45) is 0 Å². The lowest BCUT2D eigenvalue weighted by Gasteiger charge is -2.32. The Morgan fingerprint density at radius 3 is 3.04 bits per heavy atom. The first kappa shape index (κ1) is 15.7. The average Bonchev–Trinajstić information content (AvgIpc) is 3.08. The number of urea groups is 1. The summed E-state index contributed by atoms with van der Waals surface area (Å²) in [5.74, 6) is -0.504. The highest BCUT2D eigenvalue weighted by Gasteiger charge is 2.25.